The first-order valence-corrected chi connectivity index (χ1v) is 13.3. The number of alkyl halides is 3. The fraction of sp³-hybridized carbons (Fsp3) is 0.536. The summed E-state index contributed by atoms with van der Waals surface area (Å²) in [7, 11) is 0. The lowest BCUT2D eigenvalue weighted by atomic mass is 9.82. The summed E-state index contributed by atoms with van der Waals surface area (Å²) >= 11 is 0. The predicted molar refractivity (Wildman–Crippen MR) is 137 cm³/mol. The van der Waals surface area contributed by atoms with E-state index >= 15 is 0 Å². The van der Waals surface area contributed by atoms with Crippen LogP contribution >= 0.6 is 0 Å². The molecule has 0 unspecified atom stereocenters. The molecule has 0 saturated carbocycles. The second kappa shape index (κ2) is 11.3. The van der Waals surface area contributed by atoms with Gasteiger partial charge in [-0.15, -0.1) is 0 Å². The van der Waals surface area contributed by atoms with Gasteiger partial charge in [0.25, 0.3) is 0 Å². The van der Waals surface area contributed by atoms with Crippen LogP contribution in [0.3, 0.4) is 0 Å². The third-order valence-corrected chi connectivity index (χ3v) is 7.81. The largest absolute Gasteiger partial charge is 0.492 e. The minimum absolute atomic E-state index is 0.0698. The molecule has 2 saturated heterocycles. The molecule has 6 nitrogen and oxygen atoms in total. The Kier molecular flexibility index (Phi) is 7.90. The van der Waals surface area contributed by atoms with Gasteiger partial charge in [0.05, 0.1) is 17.5 Å². The number of hydrogen-bond acceptors (Lipinski definition) is 5. The van der Waals surface area contributed by atoms with E-state index in [1.54, 1.807) is 6.07 Å². The molecule has 5 rings (SSSR count). The minimum Gasteiger partial charge on any atom is -0.492 e. The zero-order chi connectivity index (χ0) is 25.8. The molecular weight excluding hydrogens is 481 g/mol. The molecule has 9 heteroatoms. The van der Waals surface area contributed by atoms with Gasteiger partial charge in [-0.25, -0.2) is 0 Å². The maximum Gasteiger partial charge on any atom is 0.416 e. The first kappa shape index (κ1) is 25.9. The second-order valence-electron chi connectivity index (χ2n) is 10.2. The van der Waals surface area contributed by atoms with Crippen LogP contribution in [0.25, 0.3) is 0 Å². The molecule has 37 heavy (non-hydrogen) atoms. The maximum atomic E-state index is 13.4. The van der Waals surface area contributed by atoms with Crippen LogP contribution in [-0.4, -0.2) is 80.7 Å². The maximum absolute atomic E-state index is 13.4. The Morgan fingerprint density at radius 2 is 1.76 bits per heavy atom. The quantitative estimate of drug-likeness (QED) is 0.581. The number of hydrogen-bond donors (Lipinski definition) is 1. The molecule has 0 aliphatic carbocycles. The number of ether oxygens (including phenoxy) is 1. The van der Waals surface area contributed by atoms with Crippen molar-refractivity contribution in [1.29, 1.82) is 0 Å². The standard InChI is InChI=1S/C28H35F3N4O2/c29-28(30,31)22-8-9-25-21(18-22)19-24(27(36)32-10-13-33-11-4-5-12-33)26-20-34(14-15-35(25)26)16-17-37-23-6-2-1-3-7-23/h1-3,6-9,18,24,26H,4-5,10-17,19-20H2,(H,32,36)/t24-,26-/m1/s1. The average molecular weight is 517 g/mol. The van der Waals surface area contributed by atoms with Crippen LogP contribution < -0.4 is 15.0 Å². The van der Waals surface area contributed by atoms with Gasteiger partial charge in [-0.3, -0.25) is 9.69 Å². The Bertz CT molecular complexity index is 1060. The minimum atomic E-state index is -4.41. The molecule has 2 fully saturated rings. The van der Waals surface area contributed by atoms with Crippen molar-refractivity contribution in [2.75, 3.05) is 63.9 Å². The number of nitrogens with one attached hydrogen (secondary N) is 1. The molecular formula is C28H35F3N4O2. The highest BCUT2D eigenvalue weighted by Gasteiger charge is 2.42. The van der Waals surface area contributed by atoms with Gasteiger partial charge in [0, 0.05) is 45.0 Å². The fourth-order valence-corrected chi connectivity index (χ4v) is 5.85. The van der Waals surface area contributed by atoms with Gasteiger partial charge >= 0.3 is 6.18 Å². The average Bonchev–Trinajstić information content (AvgIpc) is 3.41. The van der Waals surface area contributed by atoms with Crippen molar-refractivity contribution in [3.63, 3.8) is 0 Å². The van der Waals surface area contributed by atoms with Crippen LogP contribution in [0.1, 0.15) is 24.0 Å². The Morgan fingerprint density at radius 3 is 2.51 bits per heavy atom. The van der Waals surface area contributed by atoms with Crippen LogP contribution in [0, 0.1) is 5.92 Å². The van der Waals surface area contributed by atoms with Gasteiger partial charge in [0.15, 0.2) is 0 Å². The van der Waals surface area contributed by atoms with Crippen LogP contribution in [0.4, 0.5) is 18.9 Å². The molecule has 2 atom stereocenters. The molecule has 200 valence electrons. The normalized spacial score (nSPS) is 22.4. The smallest absolute Gasteiger partial charge is 0.416 e. The molecule has 1 N–H and O–H groups in total. The zero-order valence-electron chi connectivity index (χ0n) is 21.1. The third kappa shape index (κ3) is 6.21. The van der Waals surface area contributed by atoms with E-state index in [9.17, 15) is 18.0 Å². The zero-order valence-corrected chi connectivity index (χ0v) is 21.1. The van der Waals surface area contributed by atoms with Crippen LogP contribution in [0.2, 0.25) is 0 Å². The predicted octanol–water partition coefficient (Wildman–Crippen LogP) is 3.66. The summed E-state index contributed by atoms with van der Waals surface area (Å²) in [6, 6.07) is 13.5. The molecule has 0 spiro atoms. The topological polar surface area (TPSA) is 48.1 Å². The molecule has 2 aromatic rings. The van der Waals surface area contributed by atoms with E-state index in [1.165, 1.54) is 18.9 Å². The van der Waals surface area contributed by atoms with Crippen LogP contribution in [-0.2, 0) is 17.4 Å². The number of nitrogens with zero attached hydrogens (tertiary/aromatic N) is 3. The molecule has 3 heterocycles. The van der Waals surface area contributed by atoms with Crippen molar-refractivity contribution in [1.82, 2.24) is 15.1 Å². The van der Waals surface area contributed by atoms with Crippen molar-refractivity contribution in [2.24, 2.45) is 5.92 Å². The number of halogens is 3. The highest BCUT2D eigenvalue weighted by atomic mass is 19.4. The molecule has 2 aromatic carbocycles. The summed E-state index contributed by atoms with van der Waals surface area (Å²) in [6.45, 7) is 6.84. The third-order valence-electron chi connectivity index (χ3n) is 7.81. The second-order valence-corrected chi connectivity index (χ2v) is 10.2. The molecule has 0 bridgehead atoms. The molecule has 1 amide bonds. The molecule has 0 aromatic heterocycles. The first-order chi connectivity index (χ1) is 17.9. The number of piperazine rings is 1. The van der Waals surface area contributed by atoms with Gasteiger partial charge in [0.1, 0.15) is 12.4 Å². The highest BCUT2D eigenvalue weighted by Crippen LogP contribution is 2.39. The van der Waals surface area contributed by atoms with Crippen molar-refractivity contribution in [3.8, 4) is 5.75 Å². The summed E-state index contributed by atoms with van der Waals surface area (Å²) in [5.41, 5.74) is 0.764. The number of amides is 1. The van der Waals surface area contributed by atoms with E-state index < -0.39 is 17.7 Å². The Labute approximate surface area is 216 Å². The SMILES string of the molecule is O=C(NCCN1CCCC1)[C@@H]1Cc2cc(C(F)(F)F)ccc2N2CCN(CCOc3ccccc3)C[C@H]12. The Morgan fingerprint density at radius 1 is 0.973 bits per heavy atom. The van der Waals surface area contributed by atoms with Crippen molar-refractivity contribution >= 4 is 11.6 Å². The van der Waals surface area contributed by atoms with Gasteiger partial charge < -0.3 is 19.9 Å². The number of carbonyl (C=O) groups is 1. The van der Waals surface area contributed by atoms with E-state index in [2.05, 4.69) is 20.0 Å². The van der Waals surface area contributed by atoms with E-state index in [0.29, 0.717) is 38.2 Å². The van der Waals surface area contributed by atoms with Crippen LogP contribution in [0.5, 0.6) is 5.75 Å². The molecule has 3 aliphatic rings. The summed E-state index contributed by atoms with van der Waals surface area (Å²) in [5.74, 6) is 0.343. The number of anilines is 1. The number of carbonyl (C=O) groups excluding carboxylic acids is 1. The van der Waals surface area contributed by atoms with E-state index in [1.807, 2.05) is 30.3 Å². The summed E-state index contributed by atoms with van der Waals surface area (Å²) in [5, 5.41) is 3.09. The van der Waals surface area contributed by atoms with Gasteiger partial charge in [-0.1, -0.05) is 18.2 Å². The van der Waals surface area contributed by atoms with E-state index in [-0.39, 0.29) is 11.9 Å². The molecule has 0 radical (unpaired) electrons. The Hall–Kier alpha value is -2.78. The van der Waals surface area contributed by atoms with Crippen molar-refractivity contribution in [3.05, 3.63) is 59.7 Å². The number of para-hydroxylation sites is 1. The summed E-state index contributed by atoms with van der Waals surface area (Å²) < 4.78 is 46.2. The monoisotopic (exact) mass is 516 g/mol. The van der Waals surface area contributed by atoms with Gasteiger partial charge in [-0.2, -0.15) is 13.2 Å². The van der Waals surface area contributed by atoms with Gasteiger partial charge in [0.2, 0.25) is 5.91 Å². The lowest BCUT2D eigenvalue weighted by Gasteiger charge is -2.49. The van der Waals surface area contributed by atoms with Crippen LogP contribution in [0.15, 0.2) is 48.5 Å². The van der Waals surface area contributed by atoms with Crippen molar-refractivity contribution < 1.29 is 22.7 Å². The summed E-state index contributed by atoms with van der Waals surface area (Å²) in [4.78, 5) is 20.2. The number of likely N-dealkylation sites (tertiary alicyclic amines) is 1. The van der Waals surface area contributed by atoms with Crippen molar-refractivity contribution in [2.45, 2.75) is 31.5 Å². The number of rotatable bonds is 8. The van der Waals surface area contributed by atoms with E-state index in [0.717, 1.165) is 50.2 Å². The van der Waals surface area contributed by atoms with E-state index in [4.69, 9.17) is 4.74 Å². The highest BCUT2D eigenvalue weighted by molar-refractivity contribution is 5.82. The number of fused-ring (bicyclic) bond motifs is 3. The number of benzene rings is 2. The lowest BCUT2D eigenvalue weighted by molar-refractivity contribution is -0.137. The fourth-order valence-electron chi connectivity index (χ4n) is 5.85. The molecule has 3 aliphatic heterocycles. The first-order valence-electron chi connectivity index (χ1n) is 13.3. The van der Waals surface area contributed by atoms with Gasteiger partial charge in [-0.05, 0) is 68.2 Å². The summed E-state index contributed by atoms with van der Waals surface area (Å²) in [6.07, 6.45) is -1.72. The lowest BCUT2D eigenvalue weighted by Crippen LogP contribution is -2.61. The Balaban J connectivity index is 1.28.